The number of hydrogen-bond acceptors (Lipinski definition) is 3. The first kappa shape index (κ1) is 6.24. The van der Waals surface area contributed by atoms with E-state index in [9.17, 15) is 4.79 Å². The van der Waals surface area contributed by atoms with Crippen LogP contribution in [0.3, 0.4) is 0 Å². The molecule has 0 fully saturated rings. The van der Waals surface area contributed by atoms with E-state index in [1.165, 1.54) is 0 Å². The molecule has 0 saturated carbocycles. The van der Waals surface area contributed by atoms with Crippen molar-refractivity contribution in [2.75, 3.05) is 6.52 Å². The molecule has 4 atom stereocenters. The highest BCUT2D eigenvalue weighted by Gasteiger charge is 2.09. The number of carboxylic acid groups (broad SMARTS) is 1. The summed E-state index contributed by atoms with van der Waals surface area (Å²) >= 11 is 0. The van der Waals surface area contributed by atoms with E-state index in [1.54, 1.807) is 0 Å². The molecule has 0 spiro atoms. The fraction of sp³-hybridized carbons (Fsp3) is 0.667. The van der Waals surface area contributed by atoms with Crippen molar-refractivity contribution < 1.29 is 14.0 Å². The molecule has 0 amide bonds. The third-order valence-corrected chi connectivity index (χ3v) is 0.913. The lowest BCUT2D eigenvalue weighted by molar-refractivity contribution is -0.138. The maximum atomic E-state index is 10.4. The lowest BCUT2D eigenvalue weighted by Crippen LogP contribution is -2.30. The number of carbonyl (C=O) groups is 1. The summed E-state index contributed by atoms with van der Waals surface area (Å²) in [6.07, 6.45) is -2.88. The number of guanidine groups is 1. The van der Waals surface area contributed by atoms with Crippen LogP contribution < -0.4 is 17.2 Å². The molecule has 0 saturated heterocycles. The topological polar surface area (TPSA) is 128 Å². The number of aliphatic imine (C=N–C) groups is 1. The van der Waals surface area contributed by atoms with E-state index in [0.717, 1.165) is 0 Å². The molecule has 0 bridgehead atoms. The van der Waals surface area contributed by atoms with Gasteiger partial charge in [0.25, 0.3) is 0 Å². The van der Waals surface area contributed by atoms with Crippen LogP contribution >= 0.6 is 0 Å². The van der Waals surface area contributed by atoms with Crippen molar-refractivity contribution >= 4 is 11.9 Å². The fourth-order valence-electron chi connectivity index (χ4n) is 0.381. The van der Waals surface area contributed by atoms with Gasteiger partial charge < -0.3 is 22.3 Å². The number of hydrogen-bond donors (Lipinski definition) is 4. The third kappa shape index (κ3) is 5.48. The standard InChI is InChI=1S/C6H14N4O2/c7-4(5(11)12)2-1-3-10-6(8)9/h4H,1-3,7H2,(H,11,12)(H4,8,9,10)/t4-/m0/s1/i1D,2D,3D/t1-,2-,3+,4+/m1. The summed E-state index contributed by atoms with van der Waals surface area (Å²) in [6.45, 7) is -1.41. The first-order valence-corrected chi connectivity index (χ1v) is 3.11. The van der Waals surface area contributed by atoms with E-state index in [-0.39, 0.29) is 5.96 Å². The lowest BCUT2D eigenvalue weighted by atomic mass is 10.2. The Labute approximate surface area is 74.6 Å². The van der Waals surface area contributed by atoms with Gasteiger partial charge in [0, 0.05) is 9.26 Å². The van der Waals surface area contributed by atoms with Gasteiger partial charge in [-0.3, -0.25) is 9.79 Å². The molecule has 0 unspecified atom stereocenters. The number of carboxylic acids is 1. The Balaban J connectivity index is 4.50. The van der Waals surface area contributed by atoms with Gasteiger partial charge in [-0.2, -0.15) is 0 Å². The highest BCUT2D eigenvalue weighted by atomic mass is 16.4. The maximum Gasteiger partial charge on any atom is 0.320 e. The monoisotopic (exact) mass is 177 g/mol. The molecule has 7 N–H and O–H groups in total. The van der Waals surface area contributed by atoms with Crippen LogP contribution in [0.1, 0.15) is 16.9 Å². The summed E-state index contributed by atoms with van der Waals surface area (Å²) in [5.41, 5.74) is 15.1. The van der Waals surface area contributed by atoms with E-state index in [4.69, 9.17) is 26.4 Å². The van der Waals surface area contributed by atoms with E-state index in [0.29, 0.717) is 0 Å². The van der Waals surface area contributed by atoms with E-state index >= 15 is 0 Å². The van der Waals surface area contributed by atoms with E-state index in [1.807, 2.05) is 0 Å². The zero-order valence-electron chi connectivity index (χ0n) is 9.34. The molecule has 0 rings (SSSR count). The van der Waals surface area contributed by atoms with Crippen LogP contribution in [-0.2, 0) is 4.79 Å². The molecule has 0 radical (unpaired) electrons. The zero-order chi connectivity index (χ0) is 12.2. The minimum absolute atomic E-state index is 0.386. The van der Waals surface area contributed by atoms with E-state index in [2.05, 4.69) is 4.99 Å². The van der Waals surface area contributed by atoms with Crippen molar-refractivity contribution in [2.45, 2.75) is 18.8 Å². The third-order valence-electron chi connectivity index (χ3n) is 0.913. The second-order valence-electron chi connectivity index (χ2n) is 1.95. The van der Waals surface area contributed by atoms with Gasteiger partial charge in [-0.15, -0.1) is 0 Å². The van der Waals surface area contributed by atoms with Gasteiger partial charge in [0.05, 0.1) is 1.37 Å². The van der Waals surface area contributed by atoms with Crippen LogP contribution in [0.5, 0.6) is 0 Å². The van der Waals surface area contributed by atoms with Crippen molar-refractivity contribution in [3.05, 3.63) is 0 Å². The molecule has 0 heterocycles. The molecule has 12 heavy (non-hydrogen) atoms. The zero-order valence-corrected chi connectivity index (χ0v) is 6.34. The predicted molar refractivity (Wildman–Crippen MR) is 45.5 cm³/mol. The first-order valence-electron chi connectivity index (χ1n) is 4.84. The molecule has 0 aliphatic heterocycles. The molecule has 0 aromatic heterocycles. The van der Waals surface area contributed by atoms with Gasteiger partial charge in [-0.1, -0.05) is 0 Å². The fourth-order valence-corrected chi connectivity index (χ4v) is 0.381. The van der Waals surface area contributed by atoms with Crippen LogP contribution in [0.4, 0.5) is 0 Å². The Morgan fingerprint density at radius 3 is 2.67 bits per heavy atom. The van der Waals surface area contributed by atoms with Gasteiger partial charge in [0.1, 0.15) is 6.04 Å². The van der Waals surface area contributed by atoms with Crippen molar-refractivity contribution in [3.8, 4) is 0 Å². The second kappa shape index (κ2) is 5.36. The first-order chi connectivity index (χ1) is 6.77. The molecular weight excluding hydrogens is 160 g/mol. The van der Waals surface area contributed by atoms with Gasteiger partial charge in [0.2, 0.25) is 0 Å². The van der Waals surface area contributed by atoms with E-state index < -0.39 is 31.3 Å². The summed E-state index contributed by atoms with van der Waals surface area (Å²) in [4.78, 5) is 13.7. The lowest BCUT2D eigenvalue weighted by Gasteiger charge is -2.03. The van der Waals surface area contributed by atoms with Crippen LogP contribution in [0.15, 0.2) is 4.99 Å². The predicted octanol–water partition coefficient (Wildman–Crippen LogP) is -1.55. The molecule has 0 aliphatic carbocycles. The molecule has 0 aromatic carbocycles. The van der Waals surface area contributed by atoms with Crippen LogP contribution in [-0.4, -0.2) is 29.6 Å². The Hall–Kier alpha value is -1.30. The van der Waals surface area contributed by atoms with Gasteiger partial charge in [-0.25, -0.2) is 0 Å². The molecule has 70 valence electrons. The minimum Gasteiger partial charge on any atom is -0.480 e. The van der Waals surface area contributed by atoms with Gasteiger partial charge in [-0.05, 0) is 12.8 Å². The largest absolute Gasteiger partial charge is 0.480 e. The smallest absolute Gasteiger partial charge is 0.320 e. The van der Waals surface area contributed by atoms with Crippen molar-refractivity contribution in [1.29, 1.82) is 0 Å². The Morgan fingerprint density at radius 2 is 2.25 bits per heavy atom. The summed E-state index contributed by atoms with van der Waals surface area (Å²) in [5, 5.41) is 8.49. The quantitative estimate of drug-likeness (QED) is 0.298. The SMILES string of the molecule is [2H][C@H]([C@@H]([2H])[C@H](N)C(=O)O)[C@H]([2H])N=C(N)N. The van der Waals surface area contributed by atoms with Crippen LogP contribution in [0.25, 0.3) is 0 Å². The molecule has 0 aliphatic rings. The summed E-state index contributed by atoms with van der Waals surface area (Å²) in [6, 6.07) is -1.53. The highest BCUT2D eigenvalue weighted by Crippen LogP contribution is 1.94. The van der Waals surface area contributed by atoms with Gasteiger partial charge >= 0.3 is 5.97 Å². The second-order valence-corrected chi connectivity index (χ2v) is 1.95. The van der Waals surface area contributed by atoms with Crippen LogP contribution in [0.2, 0.25) is 0 Å². The average Bonchev–Trinajstić information content (AvgIpc) is 2.13. The molecule has 6 heteroatoms. The Bertz CT molecular complexity index is 259. The highest BCUT2D eigenvalue weighted by molar-refractivity contribution is 5.75. The molecule has 6 nitrogen and oxygen atoms in total. The minimum atomic E-state index is -1.53. The van der Waals surface area contributed by atoms with Crippen molar-refractivity contribution in [1.82, 2.24) is 0 Å². The summed E-state index contributed by atoms with van der Waals surface area (Å²) < 4.78 is 22.0. The normalized spacial score (nSPS) is 23.6. The number of rotatable bonds is 5. The maximum absolute atomic E-state index is 10.4. The number of nitrogens with two attached hydrogens (primary N) is 3. The molecular formula is C6H14N4O2. The summed E-state index contributed by atoms with van der Waals surface area (Å²) in [7, 11) is 0. The van der Waals surface area contributed by atoms with Crippen LogP contribution in [0, 0.1) is 0 Å². The number of aliphatic carboxylic acids is 1. The van der Waals surface area contributed by atoms with Crippen molar-refractivity contribution in [3.63, 3.8) is 0 Å². The Morgan fingerprint density at radius 1 is 1.67 bits per heavy atom. The average molecular weight is 177 g/mol. The number of nitrogens with zero attached hydrogens (tertiary/aromatic N) is 1. The summed E-state index contributed by atoms with van der Waals surface area (Å²) in [5.74, 6) is -1.78. The van der Waals surface area contributed by atoms with Crippen molar-refractivity contribution in [2.24, 2.45) is 22.2 Å². The Kier molecular flexibility index (Phi) is 2.79. The van der Waals surface area contributed by atoms with Gasteiger partial charge in [0.15, 0.2) is 5.96 Å². The molecule has 0 aromatic rings.